The Bertz CT molecular complexity index is 462. The molecule has 0 amide bonds. The van der Waals surface area contributed by atoms with Gasteiger partial charge in [0.25, 0.3) is 0 Å². The fourth-order valence-corrected chi connectivity index (χ4v) is 1.26. The maximum absolute atomic E-state index is 11.3. The minimum atomic E-state index is 0.0113. The lowest BCUT2D eigenvalue weighted by molar-refractivity contribution is 0.0983. The number of hydrogen-bond donors (Lipinski definition) is 0. The maximum atomic E-state index is 11.3. The highest BCUT2D eigenvalue weighted by molar-refractivity contribution is 5.93. The third-order valence-electron chi connectivity index (χ3n) is 2.09. The fraction of sp³-hybridized carbons (Fsp3) is 0.182. The molecule has 0 aliphatic heterocycles. The summed E-state index contributed by atoms with van der Waals surface area (Å²) < 4.78 is 0. The molecule has 0 unspecified atom stereocenters. The summed E-state index contributed by atoms with van der Waals surface area (Å²) in [6.07, 6.45) is 1.95. The Morgan fingerprint density at radius 1 is 1.33 bits per heavy atom. The van der Waals surface area contributed by atoms with Crippen LogP contribution in [0.15, 0.2) is 36.5 Å². The predicted molar refractivity (Wildman–Crippen MR) is 56.0 cm³/mol. The van der Waals surface area contributed by atoms with Gasteiger partial charge in [-0.2, -0.15) is 9.90 Å². The molecule has 2 aromatic rings. The largest absolute Gasteiger partial charge is 0.292 e. The number of nitrogens with zero attached hydrogens (tertiary/aromatic N) is 3. The van der Waals surface area contributed by atoms with Crippen molar-refractivity contribution in [3.63, 3.8) is 0 Å². The number of rotatable bonds is 3. The molecule has 0 fully saturated rings. The maximum Gasteiger partial charge on any atom is 0.184 e. The summed E-state index contributed by atoms with van der Waals surface area (Å²) in [5.74, 6) is 0.0113. The van der Waals surface area contributed by atoms with E-state index in [1.807, 2.05) is 37.3 Å². The van der Waals surface area contributed by atoms with Gasteiger partial charge in [-0.05, 0) is 12.1 Å². The number of ketones is 1. The van der Waals surface area contributed by atoms with Crippen LogP contribution >= 0.6 is 0 Å². The SMILES string of the molecule is CCC(=O)c1cnn(-c2ccccc2)n1. The van der Waals surface area contributed by atoms with Gasteiger partial charge in [-0.1, -0.05) is 25.1 Å². The third-order valence-corrected chi connectivity index (χ3v) is 2.09. The van der Waals surface area contributed by atoms with Crippen molar-refractivity contribution in [2.45, 2.75) is 13.3 Å². The Balaban J connectivity index is 2.32. The molecule has 0 bridgehead atoms. The average molecular weight is 201 g/mol. The van der Waals surface area contributed by atoms with Crippen LogP contribution in [0.25, 0.3) is 5.69 Å². The highest BCUT2D eigenvalue weighted by atomic mass is 16.1. The van der Waals surface area contributed by atoms with E-state index < -0.39 is 0 Å². The number of carbonyl (C=O) groups is 1. The molecule has 0 spiro atoms. The zero-order valence-electron chi connectivity index (χ0n) is 8.42. The Morgan fingerprint density at radius 3 is 2.73 bits per heavy atom. The number of Topliss-reactive ketones (excluding diaryl/α,β-unsaturated/α-hetero) is 1. The first-order valence-electron chi connectivity index (χ1n) is 4.82. The topological polar surface area (TPSA) is 47.8 Å². The monoisotopic (exact) mass is 201 g/mol. The van der Waals surface area contributed by atoms with Gasteiger partial charge >= 0.3 is 0 Å². The first-order valence-corrected chi connectivity index (χ1v) is 4.82. The zero-order chi connectivity index (χ0) is 10.7. The van der Waals surface area contributed by atoms with Gasteiger partial charge in [0.2, 0.25) is 0 Å². The third kappa shape index (κ3) is 1.93. The van der Waals surface area contributed by atoms with Gasteiger partial charge in [0, 0.05) is 6.42 Å². The van der Waals surface area contributed by atoms with E-state index in [0.717, 1.165) is 5.69 Å². The van der Waals surface area contributed by atoms with E-state index >= 15 is 0 Å². The van der Waals surface area contributed by atoms with Crippen LogP contribution in [-0.4, -0.2) is 20.8 Å². The standard InChI is InChI=1S/C11H11N3O/c1-2-11(15)10-8-12-14(13-10)9-6-4-3-5-7-9/h3-8H,2H2,1H3. The lowest BCUT2D eigenvalue weighted by Crippen LogP contribution is -2.01. The van der Waals surface area contributed by atoms with Gasteiger partial charge in [-0.25, -0.2) is 0 Å². The minimum Gasteiger partial charge on any atom is -0.292 e. The highest BCUT2D eigenvalue weighted by Gasteiger charge is 2.08. The lowest BCUT2D eigenvalue weighted by Gasteiger charge is -1.96. The Morgan fingerprint density at radius 2 is 2.07 bits per heavy atom. The molecule has 0 aliphatic carbocycles. The van der Waals surface area contributed by atoms with Crippen molar-refractivity contribution >= 4 is 5.78 Å². The lowest BCUT2D eigenvalue weighted by atomic mass is 10.2. The fourth-order valence-electron chi connectivity index (χ4n) is 1.26. The molecule has 76 valence electrons. The summed E-state index contributed by atoms with van der Waals surface area (Å²) in [5.41, 5.74) is 1.27. The normalized spacial score (nSPS) is 10.2. The minimum absolute atomic E-state index is 0.0113. The van der Waals surface area contributed by atoms with Crippen molar-refractivity contribution in [3.8, 4) is 5.69 Å². The van der Waals surface area contributed by atoms with E-state index in [2.05, 4.69) is 10.2 Å². The molecule has 1 aromatic heterocycles. The molecular formula is C11H11N3O. The summed E-state index contributed by atoms with van der Waals surface area (Å²) in [5, 5.41) is 8.15. The number of para-hydroxylation sites is 1. The van der Waals surface area contributed by atoms with Crippen LogP contribution < -0.4 is 0 Å². The Hall–Kier alpha value is -1.97. The second kappa shape index (κ2) is 4.04. The number of benzene rings is 1. The summed E-state index contributed by atoms with van der Waals surface area (Å²) in [4.78, 5) is 12.8. The molecule has 15 heavy (non-hydrogen) atoms. The molecule has 1 aromatic carbocycles. The van der Waals surface area contributed by atoms with Gasteiger partial charge in [0.15, 0.2) is 5.78 Å². The molecule has 0 saturated carbocycles. The average Bonchev–Trinajstić information content (AvgIpc) is 2.78. The first kappa shape index (κ1) is 9.58. The van der Waals surface area contributed by atoms with Crippen LogP contribution in [0, 0.1) is 0 Å². The Labute approximate surface area is 87.5 Å². The van der Waals surface area contributed by atoms with E-state index in [-0.39, 0.29) is 5.78 Å². The van der Waals surface area contributed by atoms with Crippen molar-refractivity contribution in [1.29, 1.82) is 0 Å². The van der Waals surface area contributed by atoms with Crippen LogP contribution in [0.3, 0.4) is 0 Å². The zero-order valence-corrected chi connectivity index (χ0v) is 8.42. The summed E-state index contributed by atoms with van der Waals surface area (Å²) >= 11 is 0. The van der Waals surface area contributed by atoms with Crippen molar-refractivity contribution in [1.82, 2.24) is 15.0 Å². The van der Waals surface area contributed by atoms with E-state index in [4.69, 9.17) is 0 Å². The van der Waals surface area contributed by atoms with Crippen LogP contribution in [0.4, 0.5) is 0 Å². The first-order chi connectivity index (χ1) is 7.31. The van der Waals surface area contributed by atoms with Gasteiger partial charge in [0.1, 0.15) is 5.69 Å². The van der Waals surface area contributed by atoms with E-state index in [1.54, 1.807) is 0 Å². The van der Waals surface area contributed by atoms with E-state index in [0.29, 0.717) is 12.1 Å². The van der Waals surface area contributed by atoms with Gasteiger partial charge < -0.3 is 0 Å². The van der Waals surface area contributed by atoms with Gasteiger partial charge in [-0.15, -0.1) is 5.10 Å². The quantitative estimate of drug-likeness (QED) is 0.712. The second-order valence-electron chi connectivity index (χ2n) is 3.13. The van der Waals surface area contributed by atoms with Crippen LogP contribution in [0.5, 0.6) is 0 Å². The molecule has 1 heterocycles. The molecule has 4 nitrogen and oxygen atoms in total. The van der Waals surface area contributed by atoms with Gasteiger partial charge in [0.05, 0.1) is 11.9 Å². The second-order valence-corrected chi connectivity index (χ2v) is 3.13. The molecule has 0 N–H and O–H groups in total. The van der Waals surface area contributed by atoms with Gasteiger partial charge in [-0.3, -0.25) is 4.79 Å². The Kier molecular flexibility index (Phi) is 2.58. The molecule has 0 radical (unpaired) electrons. The number of carbonyl (C=O) groups excluding carboxylic acids is 1. The van der Waals surface area contributed by atoms with E-state index in [9.17, 15) is 4.79 Å². The van der Waals surface area contributed by atoms with Crippen molar-refractivity contribution in [3.05, 3.63) is 42.2 Å². The van der Waals surface area contributed by atoms with Crippen molar-refractivity contribution < 1.29 is 4.79 Å². The molecular weight excluding hydrogens is 190 g/mol. The summed E-state index contributed by atoms with van der Waals surface area (Å²) in [6.45, 7) is 1.81. The predicted octanol–water partition coefficient (Wildman–Crippen LogP) is 1.86. The molecule has 4 heteroatoms. The molecule has 2 rings (SSSR count). The van der Waals surface area contributed by atoms with Crippen LogP contribution in [0.2, 0.25) is 0 Å². The van der Waals surface area contributed by atoms with E-state index in [1.165, 1.54) is 11.0 Å². The molecule has 0 saturated heterocycles. The van der Waals surface area contributed by atoms with Crippen LogP contribution in [0.1, 0.15) is 23.8 Å². The smallest absolute Gasteiger partial charge is 0.184 e. The summed E-state index contributed by atoms with van der Waals surface area (Å²) in [6, 6.07) is 9.51. The summed E-state index contributed by atoms with van der Waals surface area (Å²) in [7, 11) is 0. The highest BCUT2D eigenvalue weighted by Crippen LogP contribution is 2.05. The van der Waals surface area contributed by atoms with Crippen molar-refractivity contribution in [2.75, 3.05) is 0 Å². The molecule has 0 atom stereocenters. The van der Waals surface area contributed by atoms with Crippen LogP contribution in [-0.2, 0) is 0 Å². The molecule has 0 aliphatic rings. The number of hydrogen-bond acceptors (Lipinski definition) is 3. The van der Waals surface area contributed by atoms with Crippen molar-refractivity contribution in [2.24, 2.45) is 0 Å². The number of aromatic nitrogens is 3.